The Labute approximate surface area is 135 Å². The number of aryl methyl sites for hydroxylation is 2. The number of unbranched alkanes of at least 4 members (excludes halogenated alkanes) is 2. The Hall–Kier alpha value is -1.78. The molecule has 1 N–H and O–H groups in total. The molecule has 0 aliphatic heterocycles. The highest BCUT2D eigenvalue weighted by Crippen LogP contribution is 2.01. The average molecular weight is 305 g/mol. The van der Waals surface area contributed by atoms with Gasteiger partial charge in [0, 0.05) is 45.6 Å². The van der Waals surface area contributed by atoms with E-state index in [0.717, 1.165) is 63.6 Å². The summed E-state index contributed by atoms with van der Waals surface area (Å²) in [5, 5.41) is 3.36. The lowest BCUT2D eigenvalue weighted by atomic mass is 10.3. The molecule has 22 heavy (non-hydrogen) atoms. The second-order valence-corrected chi connectivity index (χ2v) is 5.46. The maximum Gasteiger partial charge on any atom is 0.193 e. The molecule has 0 saturated carbocycles. The van der Waals surface area contributed by atoms with Gasteiger partial charge in [-0.2, -0.15) is 0 Å². The molecule has 0 spiro atoms. The second-order valence-electron chi connectivity index (χ2n) is 5.46. The van der Waals surface area contributed by atoms with Gasteiger partial charge >= 0.3 is 0 Å². The van der Waals surface area contributed by atoms with Gasteiger partial charge in [-0.25, -0.2) is 4.98 Å². The summed E-state index contributed by atoms with van der Waals surface area (Å²) in [6, 6.07) is 0. The number of aromatic nitrogens is 2. The first kappa shape index (κ1) is 18.3. The highest BCUT2D eigenvalue weighted by molar-refractivity contribution is 5.79. The summed E-state index contributed by atoms with van der Waals surface area (Å²) in [5.74, 6) is 2.09. The predicted octanol–water partition coefficient (Wildman–Crippen LogP) is 2.84. The second kappa shape index (κ2) is 10.9. The van der Waals surface area contributed by atoms with Gasteiger partial charge in [0.25, 0.3) is 0 Å². The van der Waals surface area contributed by atoms with Crippen LogP contribution in [0.1, 0.15) is 38.4 Å². The van der Waals surface area contributed by atoms with Crippen LogP contribution in [0.25, 0.3) is 0 Å². The van der Waals surface area contributed by atoms with Crippen LogP contribution in [0.15, 0.2) is 30.0 Å². The van der Waals surface area contributed by atoms with E-state index in [1.165, 1.54) is 0 Å². The van der Waals surface area contributed by atoms with Crippen molar-refractivity contribution in [2.45, 2.75) is 46.1 Å². The van der Waals surface area contributed by atoms with Gasteiger partial charge in [-0.05, 0) is 39.5 Å². The number of aliphatic imine (C=N–C) groups is 1. The fourth-order valence-electron chi connectivity index (χ4n) is 2.27. The van der Waals surface area contributed by atoms with Crippen LogP contribution in [-0.4, -0.2) is 47.1 Å². The van der Waals surface area contributed by atoms with Crippen molar-refractivity contribution in [2.75, 3.05) is 26.7 Å². The summed E-state index contributed by atoms with van der Waals surface area (Å²) in [5.41, 5.74) is 0. The number of allylic oxidation sites excluding steroid dienone is 1. The van der Waals surface area contributed by atoms with Crippen molar-refractivity contribution in [2.24, 2.45) is 4.99 Å². The van der Waals surface area contributed by atoms with Crippen molar-refractivity contribution >= 4 is 5.96 Å². The zero-order valence-electron chi connectivity index (χ0n) is 14.4. The summed E-state index contributed by atoms with van der Waals surface area (Å²) < 4.78 is 2.19. The molecule has 0 aliphatic rings. The van der Waals surface area contributed by atoms with Crippen molar-refractivity contribution < 1.29 is 0 Å². The number of hydrogen-bond donors (Lipinski definition) is 1. The van der Waals surface area contributed by atoms with Crippen LogP contribution in [0.4, 0.5) is 0 Å². The monoisotopic (exact) mass is 305 g/mol. The Morgan fingerprint density at radius 3 is 2.91 bits per heavy atom. The molecule has 0 fully saturated rings. The largest absolute Gasteiger partial charge is 0.357 e. The lowest BCUT2D eigenvalue weighted by molar-refractivity contribution is 0.469. The normalized spacial score (nSPS) is 11.5. The summed E-state index contributed by atoms with van der Waals surface area (Å²) in [6.45, 7) is 11.7. The van der Waals surface area contributed by atoms with E-state index in [1.807, 2.05) is 25.4 Å². The average Bonchev–Trinajstić information content (AvgIpc) is 2.91. The molecule has 1 aromatic heterocycles. The van der Waals surface area contributed by atoms with E-state index >= 15 is 0 Å². The van der Waals surface area contributed by atoms with Crippen molar-refractivity contribution in [1.82, 2.24) is 19.8 Å². The first-order valence-electron chi connectivity index (χ1n) is 8.27. The Bertz CT molecular complexity index is 450. The Balaban J connectivity index is 2.31. The van der Waals surface area contributed by atoms with E-state index in [9.17, 15) is 0 Å². The standard InChI is InChI=1S/C17H31N5/c1-5-7-9-13-21(4)17(18-6-2)20-11-8-10-14-22-15-12-19-16(22)3/h5,12,15H,1,6-11,13-14H2,2-4H3,(H,18,20). The van der Waals surface area contributed by atoms with Gasteiger partial charge in [0.2, 0.25) is 0 Å². The molecule has 1 rings (SSSR count). The zero-order chi connectivity index (χ0) is 16.2. The van der Waals surface area contributed by atoms with Gasteiger partial charge in [0.15, 0.2) is 5.96 Å². The van der Waals surface area contributed by atoms with Crippen molar-refractivity contribution in [1.29, 1.82) is 0 Å². The Morgan fingerprint density at radius 2 is 2.27 bits per heavy atom. The van der Waals surface area contributed by atoms with Crippen LogP contribution in [0, 0.1) is 6.92 Å². The van der Waals surface area contributed by atoms with E-state index < -0.39 is 0 Å². The van der Waals surface area contributed by atoms with Gasteiger partial charge in [-0.3, -0.25) is 4.99 Å². The van der Waals surface area contributed by atoms with Crippen LogP contribution in [0.3, 0.4) is 0 Å². The van der Waals surface area contributed by atoms with Gasteiger partial charge < -0.3 is 14.8 Å². The minimum Gasteiger partial charge on any atom is -0.357 e. The van der Waals surface area contributed by atoms with E-state index in [4.69, 9.17) is 4.99 Å². The van der Waals surface area contributed by atoms with E-state index in [1.54, 1.807) is 0 Å². The Kier molecular flexibility index (Phi) is 9.03. The van der Waals surface area contributed by atoms with E-state index in [-0.39, 0.29) is 0 Å². The SMILES string of the molecule is C=CCCCN(C)C(=NCCCCn1ccnc1C)NCC. The topological polar surface area (TPSA) is 45.5 Å². The number of rotatable bonds is 10. The number of hydrogen-bond acceptors (Lipinski definition) is 2. The maximum atomic E-state index is 4.71. The number of imidazole rings is 1. The van der Waals surface area contributed by atoms with Crippen LogP contribution >= 0.6 is 0 Å². The molecule has 0 bridgehead atoms. The van der Waals surface area contributed by atoms with Gasteiger partial charge in [-0.1, -0.05) is 6.08 Å². The summed E-state index contributed by atoms with van der Waals surface area (Å²) in [7, 11) is 2.10. The molecule has 0 unspecified atom stereocenters. The molecule has 1 heterocycles. The summed E-state index contributed by atoms with van der Waals surface area (Å²) in [4.78, 5) is 11.2. The van der Waals surface area contributed by atoms with Crippen molar-refractivity contribution in [3.63, 3.8) is 0 Å². The van der Waals surface area contributed by atoms with E-state index in [0.29, 0.717) is 0 Å². The molecule has 0 amide bonds. The van der Waals surface area contributed by atoms with Gasteiger partial charge in [0.1, 0.15) is 5.82 Å². The minimum absolute atomic E-state index is 0.863. The zero-order valence-corrected chi connectivity index (χ0v) is 14.4. The predicted molar refractivity (Wildman–Crippen MR) is 94.2 cm³/mol. The molecule has 5 nitrogen and oxygen atoms in total. The maximum absolute atomic E-state index is 4.71. The molecule has 1 aromatic rings. The molecule has 0 aliphatic carbocycles. The summed E-state index contributed by atoms with van der Waals surface area (Å²) in [6.07, 6.45) is 10.2. The first-order valence-corrected chi connectivity index (χ1v) is 8.27. The van der Waals surface area contributed by atoms with Crippen LogP contribution in [-0.2, 0) is 6.54 Å². The van der Waals surface area contributed by atoms with Crippen molar-refractivity contribution in [3.05, 3.63) is 30.9 Å². The molecule has 5 heteroatoms. The third kappa shape index (κ3) is 6.78. The van der Waals surface area contributed by atoms with Gasteiger partial charge in [0.05, 0.1) is 0 Å². The van der Waals surface area contributed by atoms with Crippen LogP contribution in [0.2, 0.25) is 0 Å². The lowest BCUT2D eigenvalue weighted by Gasteiger charge is -2.21. The number of nitrogens with one attached hydrogen (secondary N) is 1. The first-order chi connectivity index (χ1) is 10.7. The minimum atomic E-state index is 0.863. The fourth-order valence-corrected chi connectivity index (χ4v) is 2.27. The van der Waals surface area contributed by atoms with E-state index in [2.05, 4.69) is 40.3 Å². The molecule has 0 aromatic carbocycles. The smallest absolute Gasteiger partial charge is 0.193 e. The van der Waals surface area contributed by atoms with Crippen LogP contribution < -0.4 is 5.32 Å². The molecule has 0 atom stereocenters. The number of nitrogens with zero attached hydrogens (tertiary/aromatic N) is 4. The van der Waals surface area contributed by atoms with Gasteiger partial charge in [-0.15, -0.1) is 6.58 Å². The quantitative estimate of drug-likeness (QED) is 0.313. The highest BCUT2D eigenvalue weighted by atomic mass is 15.3. The third-order valence-corrected chi connectivity index (χ3v) is 3.59. The summed E-state index contributed by atoms with van der Waals surface area (Å²) >= 11 is 0. The Morgan fingerprint density at radius 1 is 1.45 bits per heavy atom. The van der Waals surface area contributed by atoms with Crippen molar-refractivity contribution in [3.8, 4) is 0 Å². The molecule has 0 saturated heterocycles. The number of guanidine groups is 1. The molecular formula is C17H31N5. The van der Waals surface area contributed by atoms with Crippen LogP contribution in [0.5, 0.6) is 0 Å². The lowest BCUT2D eigenvalue weighted by Crippen LogP contribution is -2.39. The molecule has 0 radical (unpaired) electrons. The highest BCUT2D eigenvalue weighted by Gasteiger charge is 2.04. The third-order valence-electron chi connectivity index (χ3n) is 3.59. The molecular weight excluding hydrogens is 274 g/mol. The fraction of sp³-hybridized carbons (Fsp3) is 0.647. The molecule has 124 valence electrons.